The summed E-state index contributed by atoms with van der Waals surface area (Å²) in [6.45, 7) is 5.09. The summed E-state index contributed by atoms with van der Waals surface area (Å²) in [7, 11) is 1.63. The molecule has 2 aromatic carbocycles. The second kappa shape index (κ2) is 7.05. The summed E-state index contributed by atoms with van der Waals surface area (Å²) in [4.78, 5) is 15.0. The van der Waals surface area contributed by atoms with Crippen LogP contribution in [-0.2, 0) is 17.8 Å². The summed E-state index contributed by atoms with van der Waals surface area (Å²) >= 11 is 0. The van der Waals surface area contributed by atoms with E-state index in [0.29, 0.717) is 18.8 Å². The van der Waals surface area contributed by atoms with Gasteiger partial charge in [0, 0.05) is 29.5 Å². The van der Waals surface area contributed by atoms with E-state index in [-0.39, 0.29) is 11.9 Å². The number of hydrogen-bond acceptors (Lipinski definition) is 3. The van der Waals surface area contributed by atoms with Crippen molar-refractivity contribution in [1.29, 1.82) is 0 Å². The zero-order valence-electron chi connectivity index (χ0n) is 14.4. The summed E-state index contributed by atoms with van der Waals surface area (Å²) in [5.74, 6) is 0.766. The van der Waals surface area contributed by atoms with Crippen molar-refractivity contribution in [3.63, 3.8) is 0 Å². The van der Waals surface area contributed by atoms with E-state index in [1.54, 1.807) is 7.11 Å². The molecule has 1 amide bonds. The number of fused-ring (bicyclic) bond motifs is 1. The summed E-state index contributed by atoms with van der Waals surface area (Å²) in [5, 5.41) is 0. The number of rotatable bonds is 5. The maximum Gasteiger partial charge on any atom is 0.258 e. The highest BCUT2D eigenvalue weighted by Crippen LogP contribution is 2.33. The van der Waals surface area contributed by atoms with Gasteiger partial charge in [-0.3, -0.25) is 4.79 Å². The van der Waals surface area contributed by atoms with Gasteiger partial charge in [0.25, 0.3) is 5.91 Å². The second-order valence-electron chi connectivity index (χ2n) is 6.02. The zero-order valence-corrected chi connectivity index (χ0v) is 14.4. The lowest BCUT2D eigenvalue weighted by Gasteiger charge is -2.23. The van der Waals surface area contributed by atoms with Crippen molar-refractivity contribution in [2.45, 2.75) is 32.9 Å². The Hall–Kier alpha value is -2.33. The third-order valence-corrected chi connectivity index (χ3v) is 4.42. The van der Waals surface area contributed by atoms with E-state index in [9.17, 15) is 4.79 Å². The van der Waals surface area contributed by atoms with Gasteiger partial charge in [0.1, 0.15) is 5.75 Å². The van der Waals surface area contributed by atoms with Crippen molar-refractivity contribution in [3.8, 4) is 5.75 Å². The Kier molecular flexibility index (Phi) is 4.86. The number of para-hydroxylation sites is 1. The standard InChI is InChI=1S/C20H23NO3/c1-4-24-13-17-12-16(9-10-19(17)23-3)20(22)21-14(2)11-15-7-5-6-8-18(15)21/h5-10,12,14H,4,11,13H2,1-3H3/t14-/m1/s1. The molecule has 1 heterocycles. The van der Waals surface area contributed by atoms with Gasteiger partial charge in [-0.25, -0.2) is 0 Å². The highest BCUT2D eigenvalue weighted by atomic mass is 16.5. The van der Waals surface area contributed by atoms with Crippen LogP contribution in [0.15, 0.2) is 42.5 Å². The van der Waals surface area contributed by atoms with E-state index in [1.165, 1.54) is 5.56 Å². The van der Waals surface area contributed by atoms with Gasteiger partial charge in [0.15, 0.2) is 0 Å². The van der Waals surface area contributed by atoms with Crippen molar-refractivity contribution in [1.82, 2.24) is 0 Å². The van der Waals surface area contributed by atoms with Crippen LogP contribution in [0.4, 0.5) is 5.69 Å². The van der Waals surface area contributed by atoms with Gasteiger partial charge >= 0.3 is 0 Å². The smallest absolute Gasteiger partial charge is 0.258 e. The Morgan fingerprint density at radius 3 is 2.79 bits per heavy atom. The Bertz CT molecular complexity index is 741. The third-order valence-electron chi connectivity index (χ3n) is 4.42. The molecule has 0 radical (unpaired) electrons. The Balaban J connectivity index is 1.93. The molecule has 0 spiro atoms. The fraction of sp³-hybridized carbons (Fsp3) is 0.350. The Morgan fingerprint density at radius 1 is 1.25 bits per heavy atom. The first-order chi connectivity index (χ1) is 11.7. The third kappa shape index (κ3) is 3.02. The minimum atomic E-state index is 0.0212. The van der Waals surface area contributed by atoms with Gasteiger partial charge in [0.2, 0.25) is 0 Å². The van der Waals surface area contributed by atoms with Crippen molar-refractivity contribution >= 4 is 11.6 Å². The maximum absolute atomic E-state index is 13.1. The number of carbonyl (C=O) groups excluding carboxylic acids is 1. The normalized spacial score (nSPS) is 16.1. The molecule has 1 aliphatic rings. The molecule has 1 aliphatic heterocycles. The first-order valence-electron chi connectivity index (χ1n) is 8.31. The Morgan fingerprint density at radius 2 is 2.04 bits per heavy atom. The fourth-order valence-corrected chi connectivity index (χ4v) is 3.25. The highest BCUT2D eigenvalue weighted by Gasteiger charge is 2.31. The molecule has 0 bridgehead atoms. The minimum Gasteiger partial charge on any atom is -0.496 e. The van der Waals surface area contributed by atoms with Crippen LogP contribution in [0.5, 0.6) is 5.75 Å². The summed E-state index contributed by atoms with van der Waals surface area (Å²) in [6.07, 6.45) is 0.893. The van der Waals surface area contributed by atoms with Gasteiger partial charge in [-0.05, 0) is 50.1 Å². The largest absolute Gasteiger partial charge is 0.496 e. The molecular formula is C20H23NO3. The lowest BCUT2D eigenvalue weighted by Crippen LogP contribution is -2.35. The number of methoxy groups -OCH3 is 1. The van der Waals surface area contributed by atoms with E-state index < -0.39 is 0 Å². The van der Waals surface area contributed by atoms with Crippen LogP contribution in [0.3, 0.4) is 0 Å². The summed E-state index contributed by atoms with van der Waals surface area (Å²) in [6, 6.07) is 13.8. The summed E-state index contributed by atoms with van der Waals surface area (Å²) in [5.41, 5.74) is 3.79. The SMILES string of the molecule is CCOCc1cc(C(=O)N2c3ccccc3C[C@H]2C)ccc1OC. The number of anilines is 1. The van der Waals surface area contributed by atoms with E-state index >= 15 is 0 Å². The maximum atomic E-state index is 13.1. The highest BCUT2D eigenvalue weighted by molar-refractivity contribution is 6.08. The minimum absolute atomic E-state index is 0.0212. The zero-order chi connectivity index (χ0) is 17.1. The first-order valence-corrected chi connectivity index (χ1v) is 8.31. The molecule has 0 aliphatic carbocycles. The molecule has 2 aromatic rings. The number of hydrogen-bond donors (Lipinski definition) is 0. The predicted molar refractivity (Wildman–Crippen MR) is 94.7 cm³/mol. The van der Waals surface area contributed by atoms with Crippen LogP contribution in [0, 0.1) is 0 Å². The van der Waals surface area contributed by atoms with E-state index in [1.807, 2.05) is 48.2 Å². The monoisotopic (exact) mass is 325 g/mol. The molecule has 0 fully saturated rings. The van der Waals surface area contributed by atoms with Gasteiger partial charge in [-0.15, -0.1) is 0 Å². The predicted octanol–water partition coefficient (Wildman–Crippen LogP) is 3.82. The van der Waals surface area contributed by atoms with Gasteiger partial charge < -0.3 is 14.4 Å². The topological polar surface area (TPSA) is 38.8 Å². The molecule has 0 saturated carbocycles. The molecular weight excluding hydrogens is 302 g/mol. The lowest BCUT2D eigenvalue weighted by atomic mass is 10.1. The number of ether oxygens (including phenoxy) is 2. The van der Waals surface area contributed by atoms with Crippen LogP contribution in [0.2, 0.25) is 0 Å². The molecule has 0 saturated heterocycles. The molecule has 4 nitrogen and oxygen atoms in total. The van der Waals surface area contributed by atoms with Crippen molar-refractivity contribution in [2.24, 2.45) is 0 Å². The van der Waals surface area contributed by atoms with Gasteiger partial charge in [-0.2, -0.15) is 0 Å². The van der Waals surface area contributed by atoms with Crippen LogP contribution in [-0.4, -0.2) is 25.7 Å². The van der Waals surface area contributed by atoms with Crippen LogP contribution in [0.1, 0.15) is 35.3 Å². The van der Waals surface area contributed by atoms with E-state index in [0.717, 1.165) is 23.4 Å². The van der Waals surface area contributed by atoms with Crippen molar-refractivity contribution in [3.05, 3.63) is 59.2 Å². The van der Waals surface area contributed by atoms with Crippen molar-refractivity contribution in [2.75, 3.05) is 18.6 Å². The second-order valence-corrected chi connectivity index (χ2v) is 6.02. The fourth-order valence-electron chi connectivity index (χ4n) is 3.25. The molecule has 1 atom stereocenters. The van der Waals surface area contributed by atoms with Crippen LogP contribution >= 0.6 is 0 Å². The van der Waals surface area contributed by atoms with E-state index in [2.05, 4.69) is 13.0 Å². The van der Waals surface area contributed by atoms with E-state index in [4.69, 9.17) is 9.47 Å². The average molecular weight is 325 g/mol. The molecule has 4 heteroatoms. The Labute approximate surface area is 143 Å². The molecule has 0 aromatic heterocycles. The summed E-state index contributed by atoms with van der Waals surface area (Å²) < 4.78 is 10.9. The average Bonchev–Trinajstić information content (AvgIpc) is 2.94. The number of amides is 1. The molecule has 3 rings (SSSR count). The number of benzene rings is 2. The van der Waals surface area contributed by atoms with Crippen LogP contribution < -0.4 is 9.64 Å². The lowest BCUT2D eigenvalue weighted by molar-refractivity contribution is 0.0980. The molecule has 126 valence electrons. The van der Waals surface area contributed by atoms with Gasteiger partial charge in [-0.1, -0.05) is 18.2 Å². The number of carbonyl (C=O) groups is 1. The molecule has 0 unspecified atom stereocenters. The molecule has 0 N–H and O–H groups in total. The first kappa shape index (κ1) is 16.5. The number of nitrogens with zero attached hydrogens (tertiary/aromatic N) is 1. The quantitative estimate of drug-likeness (QED) is 0.839. The van der Waals surface area contributed by atoms with Gasteiger partial charge in [0.05, 0.1) is 13.7 Å². The molecule has 24 heavy (non-hydrogen) atoms. The van der Waals surface area contributed by atoms with Crippen molar-refractivity contribution < 1.29 is 14.3 Å². The van der Waals surface area contributed by atoms with Crippen LogP contribution in [0.25, 0.3) is 0 Å².